The first-order chi connectivity index (χ1) is 20.1. The van der Waals surface area contributed by atoms with Gasteiger partial charge in [0.1, 0.15) is 5.82 Å². The number of amides is 1. The van der Waals surface area contributed by atoms with Crippen LogP contribution >= 0.6 is 0 Å². The van der Waals surface area contributed by atoms with E-state index < -0.39 is 5.82 Å². The van der Waals surface area contributed by atoms with E-state index in [-0.39, 0.29) is 11.7 Å². The zero-order chi connectivity index (χ0) is 28.2. The summed E-state index contributed by atoms with van der Waals surface area (Å²) >= 11 is 0. The Morgan fingerprint density at radius 2 is 1.78 bits per heavy atom. The first-order valence-electron chi connectivity index (χ1n) is 14.4. The van der Waals surface area contributed by atoms with E-state index in [2.05, 4.69) is 26.9 Å². The fraction of sp³-hybridized carbons (Fsp3) is 0.333. The van der Waals surface area contributed by atoms with Crippen LogP contribution in [-0.2, 0) is 13.0 Å². The highest BCUT2D eigenvalue weighted by atomic mass is 19.1. The average Bonchev–Trinajstić information content (AvgIpc) is 3.21. The number of para-hydroxylation sites is 1. The number of hydrogen-bond donors (Lipinski definition) is 1. The van der Waals surface area contributed by atoms with Crippen LogP contribution in [-0.4, -0.2) is 66.2 Å². The van der Waals surface area contributed by atoms with Crippen molar-refractivity contribution in [2.45, 2.75) is 26.3 Å². The molecule has 0 aliphatic carbocycles. The Balaban J connectivity index is 1.20. The monoisotopic (exact) mass is 553 g/mol. The second-order valence-electron chi connectivity index (χ2n) is 10.7. The molecular weight excluding hydrogens is 517 g/mol. The maximum Gasteiger partial charge on any atom is 0.258 e. The van der Waals surface area contributed by atoms with Gasteiger partial charge >= 0.3 is 0 Å². The van der Waals surface area contributed by atoms with Gasteiger partial charge in [-0.3, -0.25) is 4.79 Å². The Bertz CT molecular complexity index is 1510. The van der Waals surface area contributed by atoms with Crippen molar-refractivity contribution in [3.05, 3.63) is 101 Å². The number of ether oxygens (including phenoxy) is 1. The third-order valence-electron chi connectivity index (χ3n) is 7.95. The second-order valence-corrected chi connectivity index (χ2v) is 10.7. The first-order valence-corrected chi connectivity index (χ1v) is 14.4. The molecule has 1 saturated heterocycles. The van der Waals surface area contributed by atoms with Gasteiger partial charge in [-0.2, -0.15) is 0 Å². The summed E-state index contributed by atoms with van der Waals surface area (Å²) in [5.74, 6) is 0.369. The van der Waals surface area contributed by atoms with E-state index >= 15 is 4.39 Å². The van der Waals surface area contributed by atoms with Gasteiger partial charge in [0.05, 0.1) is 23.7 Å². The highest BCUT2D eigenvalue weighted by Gasteiger charge is 2.29. The normalized spacial score (nSPS) is 15.2. The number of nitrogens with zero attached hydrogens (tertiary/aromatic N) is 4. The zero-order valence-electron chi connectivity index (χ0n) is 23.5. The number of carbonyl (C=O) groups excluding carboxylic acids is 1. The van der Waals surface area contributed by atoms with Crippen LogP contribution in [0.4, 0.5) is 10.1 Å². The maximum absolute atomic E-state index is 15.1. The first kappa shape index (κ1) is 27.2. The Labute approximate surface area is 240 Å². The van der Waals surface area contributed by atoms with E-state index in [9.17, 15) is 4.79 Å². The predicted octanol–water partition coefficient (Wildman–Crippen LogP) is 4.92. The summed E-state index contributed by atoms with van der Waals surface area (Å²) < 4.78 is 23.0. The topological polar surface area (TPSA) is 62.6 Å². The van der Waals surface area contributed by atoms with Gasteiger partial charge in [0.2, 0.25) is 0 Å². The molecule has 0 spiro atoms. The summed E-state index contributed by atoms with van der Waals surface area (Å²) in [7, 11) is 0. The van der Waals surface area contributed by atoms with Crippen LogP contribution < -0.4 is 15.0 Å². The molecule has 1 amide bonds. The fourth-order valence-corrected chi connectivity index (χ4v) is 5.83. The van der Waals surface area contributed by atoms with Crippen LogP contribution in [0, 0.1) is 12.7 Å². The molecule has 6 rings (SSSR count). The fourth-order valence-electron chi connectivity index (χ4n) is 5.83. The lowest BCUT2D eigenvalue weighted by Gasteiger charge is -2.27. The molecule has 0 radical (unpaired) electrons. The number of benzene rings is 3. The lowest BCUT2D eigenvalue weighted by molar-refractivity contribution is 0.0987. The van der Waals surface area contributed by atoms with Crippen molar-refractivity contribution in [1.29, 1.82) is 0 Å². The Morgan fingerprint density at radius 3 is 2.59 bits per heavy atom. The van der Waals surface area contributed by atoms with E-state index in [4.69, 9.17) is 9.72 Å². The van der Waals surface area contributed by atoms with E-state index in [1.807, 2.05) is 49.4 Å². The minimum Gasteiger partial charge on any atom is -0.490 e. The van der Waals surface area contributed by atoms with Crippen LogP contribution in [0.25, 0.3) is 11.3 Å². The van der Waals surface area contributed by atoms with Crippen molar-refractivity contribution in [2.24, 2.45) is 0 Å². The van der Waals surface area contributed by atoms with Crippen molar-refractivity contribution >= 4 is 11.6 Å². The Morgan fingerprint density at radius 1 is 1.00 bits per heavy atom. The van der Waals surface area contributed by atoms with Crippen LogP contribution in [0.3, 0.4) is 0 Å². The molecule has 0 saturated carbocycles. The maximum atomic E-state index is 15.1. The number of aromatic nitrogens is 2. The van der Waals surface area contributed by atoms with Gasteiger partial charge in [-0.25, -0.2) is 9.37 Å². The molecule has 3 aromatic carbocycles. The van der Waals surface area contributed by atoms with Crippen LogP contribution in [0.2, 0.25) is 0 Å². The summed E-state index contributed by atoms with van der Waals surface area (Å²) in [6.07, 6.45) is 1.43. The highest BCUT2D eigenvalue weighted by molar-refractivity contribution is 6.08. The van der Waals surface area contributed by atoms with E-state index in [1.54, 1.807) is 17.0 Å². The molecule has 212 valence electrons. The Kier molecular flexibility index (Phi) is 8.11. The van der Waals surface area contributed by atoms with Crippen LogP contribution in [0.1, 0.15) is 33.9 Å². The van der Waals surface area contributed by atoms with Crippen molar-refractivity contribution in [1.82, 2.24) is 19.8 Å². The molecule has 1 aromatic heterocycles. The smallest absolute Gasteiger partial charge is 0.258 e. The number of carbonyl (C=O) groups is 1. The highest BCUT2D eigenvalue weighted by Crippen LogP contribution is 2.38. The third-order valence-corrected chi connectivity index (χ3v) is 7.95. The van der Waals surface area contributed by atoms with Gasteiger partial charge in [-0.15, -0.1) is 0 Å². The molecule has 3 heterocycles. The predicted molar refractivity (Wildman–Crippen MR) is 159 cm³/mol. The number of halogens is 1. The zero-order valence-corrected chi connectivity index (χ0v) is 23.5. The van der Waals surface area contributed by atoms with Crippen molar-refractivity contribution < 1.29 is 13.9 Å². The summed E-state index contributed by atoms with van der Waals surface area (Å²) in [5.41, 5.74) is 5.25. The molecule has 0 unspecified atom stereocenters. The summed E-state index contributed by atoms with van der Waals surface area (Å²) in [4.78, 5) is 22.9. The number of fused-ring (bicyclic) bond motifs is 3. The molecule has 7 nitrogen and oxygen atoms in total. The van der Waals surface area contributed by atoms with Gasteiger partial charge in [-0.1, -0.05) is 48.5 Å². The van der Waals surface area contributed by atoms with Gasteiger partial charge in [0.15, 0.2) is 11.6 Å². The quantitative estimate of drug-likeness (QED) is 0.314. The molecule has 4 aromatic rings. The molecule has 0 bridgehead atoms. The third kappa shape index (κ3) is 5.89. The van der Waals surface area contributed by atoms with Gasteiger partial charge in [0, 0.05) is 63.4 Å². The van der Waals surface area contributed by atoms with Crippen LogP contribution in [0.15, 0.2) is 72.8 Å². The van der Waals surface area contributed by atoms with Crippen molar-refractivity contribution in [2.75, 3.05) is 50.8 Å². The minimum absolute atomic E-state index is 0.181. The number of nitrogens with one attached hydrogen (secondary N) is 1. The number of anilines is 1. The summed E-state index contributed by atoms with van der Waals surface area (Å²) in [6, 6.07) is 22.8. The number of rotatable bonds is 8. The van der Waals surface area contributed by atoms with Crippen molar-refractivity contribution in [3.8, 4) is 17.0 Å². The Hall–Kier alpha value is -4.01. The minimum atomic E-state index is -0.518. The molecule has 1 N–H and O–H groups in total. The standard InChI is InChI=1S/C33H36FN5O2/c1-24-36-29-14-18-38(30-11-6-5-10-27(30)32(29)39(24)23-25-8-3-2-4-9-25)33(40)26-12-13-31(28(34)22-26)41-21-7-17-37-19-15-35-16-20-37/h2-6,8-13,22,35H,7,14-21,23H2,1H3. The molecule has 8 heteroatoms. The van der Waals surface area contributed by atoms with Crippen LogP contribution in [0.5, 0.6) is 5.75 Å². The number of aryl methyl sites for hydroxylation is 1. The van der Waals surface area contributed by atoms with E-state index in [0.717, 1.165) is 67.6 Å². The molecule has 1 fully saturated rings. The summed E-state index contributed by atoms with van der Waals surface area (Å²) in [5, 5.41) is 3.34. The lowest BCUT2D eigenvalue weighted by atomic mass is 10.1. The number of imidazole rings is 1. The van der Waals surface area contributed by atoms with Gasteiger partial charge in [-0.05, 0) is 43.2 Å². The number of piperazine rings is 1. The van der Waals surface area contributed by atoms with E-state index in [0.29, 0.717) is 31.7 Å². The molecular formula is C33H36FN5O2. The van der Waals surface area contributed by atoms with Crippen molar-refractivity contribution in [3.63, 3.8) is 0 Å². The second kappa shape index (κ2) is 12.2. The van der Waals surface area contributed by atoms with Gasteiger partial charge in [0.25, 0.3) is 5.91 Å². The number of hydrogen-bond acceptors (Lipinski definition) is 5. The summed E-state index contributed by atoms with van der Waals surface area (Å²) in [6.45, 7) is 8.60. The molecule has 2 aliphatic heterocycles. The van der Waals surface area contributed by atoms with Gasteiger partial charge < -0.3 is 24.4 Å². The average molecular weight is 554 g/mol. The lowest BCUT2D eigenvalue weighted by Crippen LogP contribution is -2.43. The molecule has 41 heavy (non-hydrogen) atoms. The molecule has 2 aliphatic rings. The largest absolute Gasteiger partial charge is 0.490 e. The van der Waals surface area contributed by atoms with E-state index in [1.165, 1.54) is 11.6 Å². The SMILES string of the molecule is Cc1nc2c(n1Cc1ccccc1)-c1ccccc1N(C(=O)c1ccc(OCCCN3CCNCC3)c(F)c1)CC2. The molecule has 0 atom stereocenters.